The van der Waals surface area contributed by atoms with Gasteiger partial charge in [-0.3, -0.25) is 0 Å². The first-order chi connectivity index (χ1) is 14.3. The number of nitrogens with one attached hydrogen (secondary N) is 1. The molecule has 4 aromatic rings. The lowest BCUT2D eigenvalue weighted by Gasteiger charge is -2.11. The van der Waals surface area contributed by atoms with Gasteiger partial charge in [0.15, 0.2) is 5.65 Å². The highest BCUT2D eigenvalue weighted by molar-refractivity contribution is 5.78. The summed E-state index contributed by atoms with van der Waals surface area (Å²) in [6, 6.07) is 22.4. The fourth-order valence-corrected chi connectivity index (χ4v) is 3.73. The zero-order valence-electron chi connectivity index (χ0n) is 16.3. The summed E-state index contributed by atoms with van der Waals surface area (Å²) in [5.74, 6) is 1.68. The van der Waals surface area contributed by atoms with E-state index in [-0.39, 0.29) is 0 Å². The summed E-state index contributed by atoms with van der Waals surface area (Å²) in [5.41, 5.74) is 6.32. The number of allylic oxidation sites excluding steroid dienone is 2. The third-order valence-electron chi connectivity index (χ3n) is 5.34. The molecule has 1 aliphatic carbocycles. The molecule has 0 bridgehead atoms. The Bertz CT molecular complexity index is 1140. The fraction of sp³-hybridized carbons (Fsp3) is 0.200. The van der Waals surface area contributed by atoms with Gasteiger partial charge in [0.05, 0.1) is 11.2 Å². The maximum absolute atomic E-state index is 5.88. The van der Waals surface area contributed by atoms with Gasteiger partial charge in [0.1, 0.15) is 18.2 Å². The molecule has 0 fully saturated rings. The Kier molecular flexibility index (Phi) is 4.83. The van der Waals surface area contributed by atoms with E-state index in [9.17, 15) is 0 Å². The number of aromatic nitrogens is 3. The smallest absolute Gasteiger partial charge is 0.178 e. The van der Waals surface area contributed by atoms with Crippen LogP contribution in [0.2, 0.25) is 0 Å². The SMILES string of the molecule is C1=C(c2ccc3[nH]c(-c4ccc(OCc5ccccc5)cc4)nc3n2)CCCC1. The first-order valence-corrected chi connectivity index (χ1v) is 10.2. The summed E-state index contributed by atoms with van der Waals surface area (Å²) in [7, 11) is 0. The van der Waals surface area contributed by atoms with E-state index < -0.39 is 0 Å². The summed E-state index contributed by atoms with van der Waals surface area (Å²) in [6.45, 7) is 0.563. The van der Waals surface area contributed by atoms with E-state index in [1.807, 2.05) is 42.5 Å². The van der Waals surface area contributed by atoms with E-state index in [4.69, 9.17) is 14.7 Å². The van der Waals surface area contributed by atoms with Crippen LogP contribution in [0.4, 0.5) is 0 Å². The quantitative estimate of drug-likeness (QED) is 0.450. The van der Waals surface area contributed by atoms with Crippen LogP contribution >= 0.6 is 0 Å². The molecule has 1 aliphatic rings. The van der Waals surface area contributed by atoms with Crippen LogP contribution in [0.15, 0.2) is 72.8 Å². The molecule has 0 unspecified atom stereocenters. The molecule has 2 heterocycles. The molecule has 1 N–H and O–H groups in total. The van der Waals surface area contributed by atoms with Crippen LogP contribution in [0.25, 0.3) is 28.1 Å². The Hall–Kier alpha value is -3.40. The molecule has 0 aliphatic heterocycles. The molecule has 0 saturated heterocycles. The lowest BCUT2D eigenvalue weighted by Crippen LogP contribution is -1.95. The Labute approximate surface area is 170 Å². The van der Waals surface area contributed by atoms with Crippen molar-refractivity contribution in [2.45, 2.75) is 32.3 Å². The third kappa shape index (κ3) is 3.92. The van der Waals surface area contributed by atoms with E-state index >= 15 is 0 Å². The number of H-pyrrole nitrogens is 1. The van der Waals surface area contributed by atoms with Gasteiger partial charge in [-0.25, -0.2) is 9.97 Å². The molecule has 0 radical (unpaired) electrons. The summed E-state index contributed by atoms with van der Waals surface area (Å²) < 4.78 is 5.88. The van der Waals surface area contributed by atoms with Crippen molar-refractivity contribution in [3.8, 4) is 17.1 Å². The normalized spacial score (nSPS) is 14.0. The van der Waals surface area contributed by atoms with E-state index in [1.165, 1.54) is 18.4 Å². The molecule has 2 aromatic carbocycles. The minimum absolute atomic E-state index is 0.563. The Morgan fingerprint density at radius 1 is 0.862 bits per heavy atom. The number of nitrogens with zero attached hydrogens (tertiary/aromatic N) is 2. The van der Waals surface area contributed by atoms with Crippen LogP contribution in [-0.4, -0.2) is 15.0 Å². The van der Waals surface area contributed by atoms with Gasteiger partial charge in [-0.05, 0) is 73.2 Å². The number of imidazole rings is 1. The van der Waals surface area contributed by atoms with Gasteiger partial charge < -0.3 is 9.72 Å². The first kappa shape index (κ1) is 17.7. The predicted octanol–water partition coefficient (Wildman–Crippen LogP) is 6.16. The standard InChI is InChI=1S/C25H23N3O/c1-3-7-18(8-4-1)17-29-21-13-11-20(12-14-21)24-27-23-16-15-22(26-25(23)28-24)19-9-5-2-6-10-19/h1,3-4,7-9,11-16H,2,5-6,10,17H2,(H,26,27,28). The van der Waals surface area contributed by atoms with E-state index in [0.29, 0.717) is 6.61 Å². The van der Waals surface area contributed by atoms with E-state index in [1.54, 1.807) is 0 Å². The maximum atomic E-state index is 5.88. The highest BCUT2D eigenvalue weighted by Crippen LogP contribution is 2.28. The van der Waals surface area contributed by atoms with Gasteiger partial charge in [-0.15, -0.1) is 0 Å². The number of hydrogen-bond acceptors (Lipinski definition) is 3. The van der Waals surface area contributed by atoms with Crippen molar-refractivity contribution in [2.75, 3.05) is 0 Å². The average Bonchev–Trinajstić information content (AvgIpc) is 3.23. The molecule has 29 heavy (non-hydrogen) atoms. The van der Waals surface area contributed by atoms with Crippen molar-refractivity contribution >= 4 is 16.7 Å². The zero-order chi connectivity index (χ0) is 19.5. The minimum atomic E-state index is 0.563. The van der Waals surface area contributed by atoms with Crippen molar-refractivity contribution < 1.29 is 4.74 Å². The molecular formula is C25H23N3O. The average molecular weight is 381 g/mol. The van der Waals surface area contributed by atoms with Crippen molar-refractivity contribution in [1.29, 1.82) is 0 Å². The molecule has 4 heteroatoms. The number of rotatable bonds is 5. The number of ether oxygens (including phenoxy) is 1. The lowest BCUT2D eigenvalue weighted by atomic mass is 9.97. The second-order valence-corrected chi connectivity index (χ2v) is 7.43. The molecule has 4 nitrogen and oxygen atoms in total. The van der Waals surface area contributed by atoms with Gasteiger partial charge in [0.25, 0.3) is 0 Å². The molecule has 0 spiro atoms. The minimum Gasteiger partial charge on any atom is -0.489 e. The van der Waals surface area contributed by atoms with Crippen LogP contribution in [0.1, 0.15) is 36.9 Å². The van der Waals surface area contributed by atoms with Gasteiger partial charge in [0.2, 0.25) is 0 Å². The van der Waals surface area contributed by atoms with Crippen LogP contribution in [0, 0.1) is 0 Å². The number of benzene rings is 2. The highest BCUT2D eigenvalue weighted by atomic mass is 16.5. The van der Waals surface area contributed by atoms with Crippen molar-refractivity contribution in [3.63, 3.8) is 0 Å². The van der Waals surface area contributed by atoms with Crippen molar-refractivity contribution in [2.24, 2.45) is 0 Å². The first-order valence-electron chi connectivity index (χ1n) is 10.2. The topological polar surface area (TPSA) is 50.8 Å². The van der Waals surface area contributed by atoms with Crippen LogP contribution in [0.5, 0.6) is 5.75 Å². The molecule has 0 saturated carbocycles. The molecule has 2 aromatic heterocycles. The summed E-state index contributed by atoms with van der Waals surface area (Å²) in [5, 5.41) is 0. The van der Waals surface area contributed by atoms with E-state index in [0.717, 1.165) is 52.4 Å². The molecule has 0 atom stereocenters. The zero-order valence-corrected chi connectivity index (χ0v) is 16.3. The van der Waals surface area contributed by atoms with Gasteiger partial charge in [-0.2, -0.15) is 0 Å². The molecule has 144 valence electrons. The highest BCUT2D eigenvalue weighted by Gasteiger charge is 2.11. The van der Waals surface area contributed by atoms with Crippen LogP contribution in [-0.2, 0) is 6.61 Å². The Balaban J connectivity index is 1.34. The third-order valence-corrected chi connectivity index (χ3v) is 5.34. The number of hydrogen-bond donors (Lipinski definition) is 1. The fourth-order valence-electron chi connectivity index (χ4n) is 3.73. The Morgan fingerprint density at radius 2 is 1.72 bits per heavy atom. The summed E-state index contributed by atoms with van der Waals surface area (Å²) in [6.07, 6.45) is 7.11. The predicted molar refractivity (Wildman–Crippen MR) is 117 cm³/mol. The molecular weight excluding hydrogens is 358 g/mol. The lowest BCUT2D eigenvalue weighted by molar-refractivity contribution is 0.306. The largest absolute Gasteiger partial charge is 0.489 e. The Morgan fingerprint density at radius 3 is 2.52 bits per heavy atom. The summed E-state index contributed by atoms with van der Waals surface area (Å²) in [4.78, 5) is 12.9. The second kappa shape index (κ2) is 7.92. The van der Waals surface area contributed by atoms with E-state index in [2.05, 4.69) is 35.3 Å². The monoisotopic (exact) mass is 381 g/mol. The summed E-state index contributed by atoms with van der Waals surface area (Å²) >= 11 is 0. The van der Waals surface area contributed by atoms with Gasteiger partial charge in [0, 0.05) is 5.56 Å². The van der Waals surface area contributed by atoms with Crippen molar-refractivity contribution in [3.05, 3.63) is 84.1 Å². The maximum Gasteiger partial charge on any atom is 0.178 e. The molecule has 0 amide bonds. The molecule has 5 rings (SSSR count). The number of aromatic amines is 1. The number of fused-ring (bicyclic) bond motifs is 1. The number of pyridine rings is 1. The van der Waals surface area contributed by atoms with Crippen LogP contribution < -0.4 is 4.74 Å². The van der Waals surface area contributed by atoms with Crippen LogP contribution in [0.3, 0.4) is 0 Å². The van der Waals surface area contributed by atoms with Gasteiger partial charge in [-0.1, -0.05) is 36.4 Å². The second-order valence-electron chi connectivity index (χ2n) is 7.43. The van der Waals surface area contributed by atoms with Gasteiger partial charge >= 0.3 is 0 Å². The van der Waals surface area contributed by atoms with Crippen molar-refractivity contribution in [1.82, 2.24) is 15.0 Å².